The van der Waals surface area contributed by atoms with Crippen LogP contribution in [-0.2, 0) is 0 Å². The van der Waals surface area contributed by atoms with E-state index in [-0.39, 0.29) is 5.82 Å². The first kappa shape index (κ1) is 32.1. The lowest BCUT2D eigenvalue weighted by Crippen LogP contribution is -1.91. The molecule has 256 valence electrons. The molecule has 7 aromatic rings. The number of fused-ring (bicyclic) bond motifs is 8. The van der Waals surface area contributed by atoms with Gasteiger partial charge in [-0.1, -0.05) is 78.4 Å². The average molecular weight is 691 g/mol. The van der Waals surface area contributed by atoms with Crippen molar-refractivity contribution in [2.24, 2.45) is 0 Å². The molecule has 5 nitrogen and oxygen atoms in total. The van der Waals surface area contributed by atoms with Gasteiger partial charge in [0.2, 0.25) is 0 Å². The highest BCUT2D eigenvalue weighted by molar-refractivity contribution is 6.00. The maximum absolute atomic E-state index is 14.7. The van der Waals surface area contributed by atoms with Crippen LogP contribution in [0.5, 0.6) is 5.75 Å². The lowest BCUT2D eigenvalue weighted by molar-refractivity contribution is 0.415. The number of aromatic amines is 2. The maximum Gasteiger partial charge on any atom is 0.126 e. The van der Waals surface area contributed by atoms with Gasteiger partial charge in [-0.15, -0.1) is 0 Å². The highest BCUT2D eigenvalue weighted by atomic mass is 19.1. The number of hydrogen-bond acceptors (Lipinski definition) is 3. The van der Waals surface area contributed by atoms with Gasteiger partial charge in [-0.3, -0.25) is 0 Å². The summed E-state index contributed by atoms with van der Waals surface area (Å²) in [6.07, 6.45) is 8.35. The summed E-state index contributed by atoms with van der Waals surface area (Å²) in [5, 5.41) is 0. The Hall–Kier alpha value is -6.79. The molecular weight excluding hydrogens is 656 g/mol. The van der Waals surface area contributed by atoms with E-state index < -0.39 is 0 Å². The molecule has 3 aromatic heterocycles. The van der Waals surface area contributed by atoms with Gasteiger partial charge in [0.25, 0.3) is 0 Å². The standard InChI is InChI=1S/C47H35FN4O/c1-28-9-11-31(12-10-28)45-38-20-19-36(49-38)44(30-7-5-4-6-8-30)37-23-25-42(51-37)47(33-15-18-35(48)29(2)27-33)43-26-24-41(52-43)46(40-22-21-39(45)50-40)32-13-16-34(53-3)17-14-32/h4-27,51-52H,1-3H3. The second-order valence-electron chi connectivity index (χ2n) is 13.4. The van der Waals surface area contributed by atoms with E-state index in [1.54, 1.807) is 14.0 Å². The first-order valence-electron chi connectivity index (χ1n) is 17.6. The summed E-state index contributed by atoms with van der Waals surface area (Å²) in [7, 11) is 1.67. The number of ether oxygens (including phenoxy) is 1. The zero-order chi connectivity index (χ0) is 36.1. The zero-order valence-electron chi connectivity index (χ0n) is 29.5. The van der Waals surface area contributed by atoms with E-state index in [0.29, 0.717) is 5.56 Å². The van der Waals surface area contributed by atoms with E-state index in [9.17, 15) is 4.39 Å². The van der Waals surface area contributed by atoms with Crippen molar-refractivity contribution >= 4 is 46.4 Å². The Morgan fingerprint density at radius 2 is 0.925 bits per heavy atom. The normalized spacial score (nSPS) is 12.0. The third-order valence-electron chi connectivity index (χ3n) is 9.98. The number of benzene rings is 4. The maximum atomic E-state index is 14.7. The van der Waals surface area contributed by atoms with E-state index >= 15 is 0 Å². The Balaban J connectivity index is 1.47. The molecule has 4 aromatic carbocycles. The molecule has 0 aliphatic carbocycles. The summed E-state index contributed by atoms with van der Waals surface area (Å²) in [4.78, 5) is 18.2. The molecule has 0 atom stereocenters. The van der Waals surface area contributed by atoms with Gasteiger partial charge in [0.15, 0.2) is 0 Å². The summed E-state index contributed by atoms with van der Waals surface area (Å²) in [6.45, 7) is 3.89. The molecule has 0 radical (unpaired) electrons. The van der Waals surface area contributed by atoms with Crippen LogP contribution in [0.3, 0.4) is 0 Å². The van der Waals surface area contributed by atoms with Gasteiger partial charge in [-0.2, -0.15) is 0 Å². The zero-order valence-corrected chi connectivity index (χ0v) is 29.5. The van der Waals surface area contributed by atoms with E-state index in [1.165, 1.54) is 11.6 Å². The van der Waals surface area contributed by atoms with Crippen molar-refractivity contribution in [3.63, 3.8) is 0 Å². The second-order valence-corrected chi connectivity index (χ2v) is 13.4. The first-order valence-corrected chi connectivity index (χ1v) is 17.6. The Morgan fingerprint density at radius 1 is 0.472 bits per heavy atom. The average Bonchev–Trinajstić information content (AvgIpc) is 4.02. The molecule has 5 heterocycles. The molecule has 9 rings (SSSR count). The molecular formula is C47H35FN4O. The highest BCUT2D eigenvalue weighted by Gasteiger charge is 2.19. The third-order valence-corrected chi connectivity index (χ3v) is 9.98. The van der Waals surface area contributed by atoms with Gasteiger partial charge < -0.3 is 14.7 Å². The molecule has 0 saturated heterocycles. The number of hydrogen-bond donors (Lipinski definition) is 2. The predicted octanol–water partition coefficient (Wildman–Crippen LogP) is 12.1. The third kappa shape index (κ3) is 5.84. The number of aryl methyl sites for hydroxylation is 2. The number of aromatic nitrogens is 4. The van der Waals surface area contributed by atoms with E-state index in [4.69, 9.17) is 14.7 Å². The van der Waals surface area contributed by atoms with Crippen LogP contribution in [0.15, 0.2) is 121 Å². The minimum absolute atomic E-state index is 0.241. The van der Waals surface area contributed by atoms with Crippen molar-refractivity contribution in [1.82, 2.24) is 19.9 Å². The molecule has 6 heteroatoms. The summed E-state index contributed by atoms with van der Waals surface area (Å²) >= 11 is 0. The Morgan fingerprint density at radius 3 is 1.45 bits per heavy atom. The van der Waals surface area contributed by atoms with Crippen molar-refractivity contribution in [1.29, 1.82) is 0 Å². The number of nitrogens with one attached hydrogen (secondary N) is 2. The lowest BCUT2D eigenvalue weighted by atomic mass is 10.0. The van der Waals surface area contributed by atoms with Gasteiger partial charge in [0.1, 0.15) is 11.6 Å². The van der Waals surface area contributed by atoms with Crippen molar-refractivity contribution in [3.8, 4) is 50.3 Å². The predicted molar refractivity (Wildman–Crippen MR) is 217 cm³/mol. The lowest BCUT2D eigenvalue weighted by Gasteiger charge is -2.08. The largest absolute Gasteiger partial charge is 0.497 e. The van der Waals surface area contributed by atoms with E-state index in [1.807, 2.05) is 42.5 Å². The van der Waals surface area contributed by atoms with Gasteiger partial charge in [0, 0.05) is 44.3 Å². The van der Waals surface area contributed by atoms with Crippen LogP contribution in [0.25, 0.3) is 90.9 Å². The molecule has 0 amide bonds. The van der Waals surface area contributed by atoms with Crippen molar-refractivity contribution in [3.05, 3.63) is 161 Å². The fraction of sp³-hybridized carbons (Fsp3) is 0.0638. The minimum Gasteiger partial charge on any atom is -0.497 e. The van der Waals surface area contributed by atoms with Crippen LogP contribution < -0.4 is 4.74 Å². The summed E-state index contributed by atoms with van der Waals surface area (Å²) < 4.78 is 20.2. The number of nitrogens with zero attached hydrogens (tertiary/aromatic N) is 2. The van der Waals surface area contributed by atoms with Crippen LogP contribution in [0, 0.1) is 19.7 Å². The van der Waals surface area contributed by atoms with Crippen LogP contribution in [0.1, 0.15) is 33.9 Å². The fourth-order valence-electron chi connectivity index (χ4n) is 7.30. The quantitative estimate of drug-likeness (QED) is 0.189. The van der Waals surface area contributed by atoms with E-state index in [0.717, 1.165) is 95.1 Å². The summed E-state index contributed by atoms with van der Waals surface area (Å²) in [6, 6.07) is 40.6. The first-order chi connectivity index (χ1) is 25.9. The molecule has 2 aliphatic rings. The molecule has 0 saturated carbocycles. The Kier molecular flexibility index (Phi) is 7.93. The van der Waals surface area contributed by atoms with Crippen LogP contribution in [0.2, 0.25) is 0 Å². The van der Waals surface area contributed by atoms with Gasteiger partial charge in [0.05, 0.1) is 29.9 Å². The smallest absolute Gasteiger partial charge is 0.126 e. The number of halogens is 1. The molecule has 8 bridgehead atoms. The molecule has 53 heavy (non-hydrogen) atoms. The minimum atomic E-state index is -0.241. The summed E-state index contributed by atoms with van der Waals surface area (Å²) in [5.74, 6) is 0.533. The van der Waals surface area contributed by atoms with Crippen LogP contribution >= 0.6 is 0 Å². The van der Waals surface area contributed by atoms with Crippen LogP contribution in [-0.4, -0.2) is 27.0 Å². The Bertz CT molecular complexity index is 2770. The molecule has 2 aliphatic heterocycles. The topological polar surface area (TPSA) is 66.6 Å². The van der Waals surface area contributed by atoms with Crippen molar-refractivity contribution in [2.45, 2.75) is 13.8 Å². The van der Waals surface area contributed by atoms with Crippen molar-refractivity contribution in [2.75, 3.05) is 7.11 Å². The molecule has 0 spiro atoms. The van der Waals surface area contributed by atoms with Gasteiger partial charge in [-0.25, -0.2) is 14.4 Å². The van der Waals surface area contributed by atoms with Gasteiger partial charge in [-0.05, 0) is 114 Å². The number of H-pyrrole nitrogens is 2. The highest BCUT2D eigenvalue weighted by Crippen LogP contribution is 2.39. The van der Waals surface area contributed by atoms with E-state index in [2.05, 4.69) is 114 Å². The molecule has 0 fully saturated rings. The summed E-state index contributed by atoms with van der Waals surface area (Å²) in [5.41, 5.74) is 16.4. The molecule has 0 unspecified atom stereocenters. The monoisotopic (exact) mass is 690 g/mol. The van der Waals surface area contributed by atoms with Gasteiger partial charge >= 0.3 is 0 Å². The second kappa shape index (κ2) is 13.1. The Labute approximate surface area is 306 Å². The number of rotatable bonds is 5. The fourth-order valence-corrected chi connectivity index (χ4v) is 7.30. The number of methoxy groups -OCH3 is 1. The van der Waals surface area contributed by atoms with Crippen molar-refractivity contribution < 1.29 is 9.13 Å². The molecule has 2 N–H and O–H groups in total. The van der Waals surface area contributed by atoms with Crippen LogP contribution in [0.4, 0.5) is 4.39 Å². The SMILES string of the molecule is COc1ccc(-c2c3nc(c(-c4ccc(C)cc4)c4nc(c(-c5ccccc5)c5ccc([nH]5)c(-c5ccc(F)c(C)c5)c5ccc2[nH]5)C=C4)C=C3)cc1.